The van der Waals surface area contributed by atoms with Gasteiger partial charge in [-0.25, -0.2) is 0 Å². The Labute approximate surface area is 232 Å². The fraction of sp³-hybridized carbons (Fsp3) is 0.0909. The van der Waals surface area contributed by atoms with Crippen LogP contribution in [0.1, 0.15) is 16.1 Å². The number of pyridine rings is 1. The number of benzene rings is 3. The first-order valence-electron chi connectivity index (χ1n) is 12.7. The Kier molecular flexibility index (Phi) is 6.95. The summed E-state index contributed by atoms with van der Waals surface area (Å²) in [5, 5.41) is 2.43. The Morgan fingerprint density at radius 2 is 1.55 bits per heavy atom. The van der Waals surface area contributed by atoms with Gasteiger partial charge in [0, 0.05) is 48.4 Å². The maximum atomic E-state index is 2.26. The number of fused-ring (bicyclic) bond motifs is 2. The summed E-state index contributed by atoms with van der Waals surface area (Å²) in [4.78, 5) is 3.55. The van der Waals surface area contributed by atoms with Gasteiger partial charge in [-0.15, -0.1) is 0 Å². The first-order chi connectivity index (χ1) is 18.7. The molecule has 2 aromatic heterocycles. The van der Waals surface area contributed by atoms with Gasteiger partial charge >= 0.3 is 0 Å². The molecule has 0 fully saturated rings. The van der Waals surface area contributed by atoms with Crippen molar-refractivity contribution in [1.82, 2.24) is 0 Å². The van der Waals surface area contributed by atoms with Crippen molar-refractivity contribution in [3.8, 4) is 0 Å². The van der Waals surface area contributed by atoms with E-state index in [1.54, 1.807) is 0 Å². The Bertz CT molecular complexity index is 1680. The molecule has 1 aliphatic heterocycles. The SMILES string of the molecule is CN1\C(=C/C=C(\C=C\c2sc3ccccc3[n+]2C)[n+]2ccc(Cc3ccccc3)cc2)Sc2ccccc21. The van der Waals surface area contributed by atoms with E-state index in [0.29, 0.717) is 0 Å². The van der Waals surface area contributed by atoms with Crippen molar-refractivity contribution >= 4 is 50.8 Å². The summed E-state index contributed by atoms with van der Waals surface area (Å²) >= 11 is 3.62. The first kappa shape index (κ1) is 24.4. The standard InChI is InChI=1S/C33H29N3S2/c1-34-28-12-6-8-14-30(28)37-32(34)18-16-27(17-19-33-35(2)29-13-7-9-15-31(29)38-33)36-22-20-26(21-23-36)24-25-10-4-3-5-11-25/h3-23H,24H2,1-2H3/q+2. The zero-order valence-corrected chi connectivity index (χ0v) is 23.1. The van der Waals surface area contributed by atoms with E-state index in [1.165, 1.54) is 42.0 Å². The van der Waals surface area contributed by atoms with Crippen LogP contribution in [0.2, 0.25) is 0 Å². The molecule has 0 saturated heterocycles. The number of nitrogens with zero attached hydrogens (tertiary/aromatic N) is 3. The molecular weight excluding hydrogens is 503 g/mol. The van der Waals surface area contributed by atoms with Crippen molar-refractivity contribution < 1.29 is 9.13 Å². The number of aromatic nitrogens is 2. The van der Waals surface area contributed by atoms with Crippen LogP contribution in [0.4, 0.5) is 5.69 Å². The third-order valence-corrected chi connectivity index (χ3v) is 9.15. The summed E-state index contributed by atoms with van der Waals surface area (Å²) in [6.45, 7) is 0. The number of thioether (sulfide) groups is 1. The van der Waals surface area contributed by atoms with Crippen LogP contribution in [-0.2, 0) is 13.5 Å². The molecule has 0 saturated carbocycles. The summed E-state index contributed by atoms with van der Waals surface area (Å²) in [5.74, 6) is 0. The van der Waals surface area contributed by atoms with Crippen LogP contribution >= 0.6 is 23.1 Å². The summed E-state index contributed by atoms with van der Waals surface area (Å²) in [5.41, 5.74) is 6.23. The molecule has 0 atom stereocenters. The lowest BCUT2D eigenvalue weighted by molar-refractivity contribution is -0.642. The van der Waals surface area contributed by atoms with E-state index in [2.05, 4.69) is 156 Å². The highest BCUT2D eigenvalue weighted by atomic mass is 32.2. The molecule has 0 spiro atoms. The normalized spacial score (nSPS) is 14.6. The van der Waals surface area contributed by atoms with Crippen LogP contribution in [0, 0.1) is 0 Å². The van der Waals surface area contributed by atoms with E-state index >= 15 is 0 Å². The number of hydrogen-bond acceptors (Lipinski definition) is 3. The lowest BCUT2D eigenvalue weighted by atomic mass is 10.1. The van der Waals surface area contributed by atoms with E-state index in [0.717, 1.165) is 12.1 Å². The maximum Gasteiger partial charge on any atom is 0.262 e. The third kappa shape index (κ3) is 5.08. The van der Waals surface area contributed by atoms with Crippen molar-refractivity contribution in [1.29, 1.82) is 0 Å². The molecule has 0 bridgehead atoms. The molecule has 5 aromatic rings. The third-order valence-electron chi connectivity index (χ3n) is 6.78. The second-order valence-corrected chi connectivity index (χ2v) is 11.4. The Morgan fingerprint density at radius 1 is 0.842 bits per heavy atom. The van der Waals surface area contributed by atoms with Gasteiger partial charge in [-0.3, -0.25) is 0 Å². The molecule has 0 aliphatic carbocycles. The highest BCUT2D eigenvalue weighted by molar-refractivity contribution is 8.03. The molecule has 6 rings (SSSR count). The van der Waals surface area contributed by atoms with E-state index in [9.17, 15) is 0 Å². The topological polar surface area (TPSA) is 11.0 Å². The van der Waals surface area contributed by atoms with Crippen LogP contribution in [-0.4, -0.2) is 7.05 Å². The second-order valence-electron chi connectivity index (χ2n) is 9.30. The monoisotopic (exact) mass is 531 g/mol. The zero-order valence-electron chi connectivity index (χ0n) is 21.5. The Balaban J connectivity index is 1.33. The van der Waals surface area contributed by atoms with Gasteiger partial charge in [-0.2, -0.15) is 9.13 Å². The minimum absolute atomic E-state index is 0.929. The van der Waals surface area contributed by atoms with Crippen molar-refractivity contribution in [3.63, 3.8) is 0 Å². The predicted molar refractivity (Wildman–Crippen MR) is 161 cm³/mol. The number of allylic oxidation sites excluding steroid dienone is 4. The lowest BCUT2D eigenvalue weighted by Gasteiger charge is -2.12. The maximum absolute atomic E-state index is 2.26. The molecule has 38 heavy (non-hydrogen) atoms. The molecule has 186 valence electrons. The number of rotatable bonds is 6. The highest BCUT2D eigenvalue weighted by Crippen LogP contribution is 2.44. The van der Waals surface area contributed by atoms with Gasteiger partial charge in [0.1, 0.15) is 11.7 Å². The fourth-order valence-corrected chi connectivity index (χ4v) is 6.76. The Hall–Kier alpha value is -3.93. The summed E-state index contributed by atoms with van der Waals surface area (Å²) in [7, 11) is 4.27. The number of thiazole rings is 1. The van der Waals surface area contributed by atoms with Gasteiger partial charge in [0.25, 0.3) is 5.01 Å². The van der Waals surface area contributed by atoms with Crippen LogP contribution in [0.15, 0.2) is 132 Å². The van der Waals surface area contributed by atoms with Gasteiger partial charge in [0.05, 0.1) is 10.7 Å². The second kappa shape index (κ2) is 10.8. The van der Waals surface area contributed by atoms with Gasteiger partial charge in [-0.1, -0.05) is 77.7 Å². The largest absolute Gasteiger partial charge is 0.338 e. The van der Waals surface area contributed by atoms with E-state index in [1.807, 2.05) is 23.1 Å². The summed E-state index contributed by atoms with van der Waals surface area (Å²) in [6.07, 6.45) is 14.1. The average molecular weight is 532 g/mol. The highest BCUT2D eigenvalue weighted by Gasteiger charge is 2.21. The van der Waals surface area contributed by atoms with Gasteiger partial charge in [0.15, 0.2) is 12.4 Å². The van der Waals surface area contributed by atoms with Crippen LogP contribution in [0.3, 0.4) is 0 Å². The summed E-state index contributed by atoms with van der Waals surface area (Å²) in [6, 6.07) is 32.2. The average Bonchev–Trinajstić information content (AvgIpc) is 3.46. The molecule has 3 nitrogen and oxygen atoms in total. The molecule has 5 heteroatoms. The Morgan fingerprint density at radius 3 is 2.34 bits per heavy atom. The van der Waals surface area contributed by atoms with E-state index in [-0.39, 0.29) is 0 Å². The van der Waals surface area contributed by atoms with Gasteiger partial charge in [-0.05, 0) is 41.8 Å². The molecular formula is C33H29N3S2+2. The van der Waals surface area contributed by atoms with Crippen molar-refractivity contribution in [2.45, 2.75) is 11.3 Å². The van der Waals surface area contributed by atoms with Crippen molar-refractivity contribution in [2.75, 3.05) is 11.9 Å². The minimum atomic E-state index is 0.929. The minimum Gasteiger partial charge on any atom is -0.338 e. The molecule has 3 aromatic carbocycles. The van der Waals surface area contributed by atoms with E-state index < -0.39 is 0 Å². The molecule has 1 aliphatic rings. The molecule has 0 amide bonds. The van der Waals surface area contributed by atoms with E-state index in [4.69, 9.17) is 0 Å². The number of para-hydroxylation sites is 2. The first-order valence-corrected chi connectivity index (χ1v) is 14.3. The van der Waals surface area contributed by atoms with Gasteiger partial charge < -0.3 is 4.90 Å². The predicted octanol–water partition coefficient (Wildman–Crippen LogP) is 7.24. The molecule has 3 heterocycles. The van der Waals surface area contributed by atoms with Crippen LogP contribution < -0.4 is 14.0 Å². The number of hydrogen-bond donors (Lipinski definition) is 0. The van der Waals surface area contributed by atoms with Gasteiger partial charge in [0.2, 0.25) is 11.2 Å². The van der Waals surface area contributed by atoms with Crippen LogP contribution in [0.5, 0.6) is 0 Å². The molecule has 0 N–H and O–H groups in total. The lowest BCUT2D eigenvalue weighted by Crippen LogP contribution is -2.31. The smallest absolute Gasteiger partial charge is 0.262 e. The fourth-order valence-electron chi connectivity index (χ4n) is 4.65. The number of aryl methyl sites for hydroxylation is 1. The summed E-state index contributed by atoms with van der Waals surface area (Å²) < 4.78 is 5.75. The quantitative estimate of drug-likeness (QED) is 0.169. The van der Waals surface area contributed by atoms with Crippen molar-refractivity contribution in [2.24, 2.45) is 7.05 Å². The molecule has 0 unspecified atom stereocenters. The van der Waals surface area contributed by atoms with Crippen molar-refractivity contribution in [3.05, 3.63) is 143 Å². The zero-order chi connectivity index (χ0) is 25.9. The molecule has 0 radical (unpaired) electrons. The van der Waals surface area contributed by atoms with Crippen LogP contribution in [0.25, 0.3) is 22.0 Å². The number of anilines is 1.